The van der Waals surface area contributed by atoms with E-state index in [1.165, 1.54) is 18.2 Å². The van der Waals surface area contributed by atoms with Gasteiger partial charge in [-0.15, -0.1) is 0 Å². The summed E-state index contributed by atoms with van der Waals surface area (Å²) in [7, 11) is -4.11. The van der Waals surface area contributed by atoms with Crippen molar-refractivity contribution in [1.82, 2.24) is 4.41 Å². The van der Waals surface area contributed by atoms with Crippen LogP contribution in [0.3, 0.4) is 0 Å². The van der Waals surface area contributed by atoms with Gasteiger partial charge in [0.15, 0.2) is 0 Å². The van der Waals surface area contributed by atoms with E-state index in [1.807, 2.05) is 6.92 Å². The van der Waals surface area contributed by atoms with Crippen LogP contribution in [0.4, 0.5) is 0 Å². The van der Waals surface area contributed by atoms with E-state index < -0.39 is 22.0 Å². The van der Waals surface area contributed by atoms with Gasteiger partial charge < -0.3 is 10.2 Å². The quantitative estimate of drug-likeness (QED) is 0.306. The zero-order valence-electron chi connectivity index (χ0n) is 13.4. The fourth-order valence-corrected chi connectivity index (χ4v) is 3.90. The number of aryl methyl sites for hydroxylation is 1. The first kappa shape index (κ1) is 18.6. The third-order valence-electron chi connectivity index (χ3n) is 4.22. The first-order valence-corrected chi connectivity index (χ1v) is 9.09. The number of amides is 1. The molecule has 1 amide bonds. The molecule has 0 radical (unpaired) electrons. The van der Waals surface area contributed by atoms with Gasteiger partial charge in [-0.05, 0) is 43.4 Å². The Kier molecular flexibility index (Phi) is 5.76. The molecular weight excluding hydrogens is 332 g/mol. The second-order valence-corrected chi connectivity index (χ2v) is 7.70. The van der Waals surface area contributed by atoms with Crippen LogP contribution < -0.4 is 5.84 Å². The Morgan fingerprint density at radius 2 is 1.96 bits per heavy atom. The predicted octanol–water partition coefficient (Wildman–Crippen LogP) is 0.466. The molecule has 1 aliphatic rings. The summed E-state index contributed by atoms with van der Waals surface area (Å²) < 4.78 is 25.1. The van der Waals surface area contributed by atoms with Gasteiger partial charge in [0.25, 0.3) is 15.9 Å². The van der Waals surface area contributed by atoms with Crippen LogP contribution >= 0.6 is 0 Å². The minimum absolute atomic E-state index is 0.0541. The van der Waals surface area contributed by atoms with Crippen molar-refractivity contribution in [2.45, 2.75) is 37.2 Å². The van der Waals surface area contributed by atoms with Crippen molar-refractivity contribution in [3.05, 3.63) is 41.5 Å². The number of rotatable bonds is 5. The molecule has 1 aromatic carbocycles. The van der Waals surface area contributed by atoms with Gasteiger partial charge in [0.2, 0.25) is 0 Å². The van der Waals surface area contributed by atoms with E-state index in [-0.39, 0.29) is 28.3 Å². The maximum absolute atomic E-state index is 12.4. The van der Waals surface area contributed by atoms with E-state index in [9.17, 15) is 18.3 Å². The van der Waals surface area contributed by atoms with Gasteiger partial charge in [-0.25, -0.2) is 5.84 Å². The monoisotopic (exact) mass is 354 g/mol. The topological polar surface area (TPSA) is 121 Å². The summed E-state index contributed by atoms with van der Waals surface area (Å²) in [5, 5.41) is 18.9. The Morgan fingerprint density at radius 3 is 2.54 bits per heavy atom. The molecule has 0 aliphatic heterocycles. The smallest absolute Gasteiger partial charge is 0.280 e. The van der Waals surface area contributed by atoms with Gasteiger partial charge in [0.05, 0.1) is 17.6 Å². The summed E-state index contributed by atoms with van der Waals surface area (Å²) in [6.45, 7) is 1.58. The number of aliphatic hydroxyl groups is 2. The van der Waals surface area contributed by atoms with E-state index in [4.69, 9.17) is 10.9 Å². The lowest BCUT2D eigenvalue weighted by molar-refractivity contribution is -0.127. The molecule has 2 rings (SSSR count). The lowest BCUT2D eigenvalue weighted by Crippen LogP contribution is -2.43. The van der Waals surface area contributed by atoms with Gasteiger partial charge in [-0.3, -0.25) is 4.79 Å². The molecule has 1 saturated carbocycles. The van der Waals surface area contributed by atoms with E-state index in [0.29, 0.717) is 18.4 Å². The van der Waals surface area contributed by atoms with Crippen molar-refractivity contribution >= 4 is 15.9 Å². The molecule has 0 bridgehead atoms. The van der Waals surface area contributed by atoms with Gasteiger partial charge in [0.1, 0.15) is 0 Å². The van der Waals surface area contributed by atoms with Crippen molar-refractivity contribution in [1.29, 1.82) is 0 Å². The second kappa shape index (κ2) is 7.43. The van der Waals surface area contributed by atoms with E-state index in [1.54, 1.807) is 12.1 Å². The highest BCUT2D eigenvalue weighted by atomic mass is 32.2. The maximum atomic E-state index is 12.4. The maximum Gasteiger partial charge on any atom is 0.280 e. The molecule has 2 unspecified atom stereocenters. The number of aliphatic hydroxyl groups excluding tert-OH is 2. The van der Waals surface area contributed by atoms with Crippen LogP contribution in [-0.2, 0) is 14.8 Å². The van der Waals surface area contributed by atoms with Crippen molar-refractivity contribution < 1.29 is 23.4 Å². The third kappa shape index (κ3) is 3.84. The highest BCUT2D eigenvalue weighted by Crippen LogP contribution is 2.34. The molecule has 1 aliphatic carbocycles. The SMILES string of the molecule is Cc1ccc(S(=O)(=O)N(N)C(=O)CC2CCC(O)/C2=C\CO)cc1. The van der Waals surface area contributed by atoms with E-state index >= 15 is 0 Å². The molecule has 4 N–H and O–H groups in total. The van der Waals surface area contributed by atoms with Crippen LogP contribution in [0.5, 0.6) is 0 Å². The molecule has 1 fully saturated rings. The summed E-state index contributed by atoms with van der Waals surface area (Å²) in [4.78, 5) is 12.2. The molecule has 8 heteroatoms. The number of hydrogen-bond donors (Lipinski definition) is 3. The van der Waals surface area contributed by atoms with Crippen LogP contribution in [0.15, 0.2) is 40.8 Å². The Morgan fingerprint density at radius 1 is 1.33 bits per heavy atom. The highest BCUT2D eigenvalue weighted by Gasteiger charge is 2.34. The molecule has 7 nitrogen and oxygen atoms in total. The predicted molar refractivity (Wildman–Crippen MR) is 87.9 cm³/mol. The summed E-state index contributed by atoms with van der Waals surface area (Å²) in [5.74, 6) is 4.49. The number of nitrogens with zero attached hydrogens (tertiary/aromatic N) is 1. The summed E-state index contributed by atoms with van der Waals surface area (Å²) in [6, 6.07) is 6.05. The zero-order chi connectivity index (χ0) is 17.9. The van der Waals surface area contributed by atoms with Crippen molar-refractivity contribution in [3.8, 4) is 0 Å². The second-order valence-electron chi connectivity index (χ2n) is 5.89. The van der Waals surface area contributed by atoms with E-state index in [0.717, 1.165) is 5.56 Å². The average Bonchev–Trinajstić information content (AvgIpc) is 2.88. The standard InChI is InChI=1S/C16H22N2O5S/c1-11-2-5-13(6-3-11)24(22,23)18(17)16(21)10-12-4-7-15(20)14(12)8-9-19/h2-3,5-6,8,12,15,19-20H,4,7,9-10,17H2,1H3/b14-8-. The summed E-state index contributed by atoms with van der Waals surface area (Å²) >= 11 is 0. The Bertz CT molecular complexity index is 727. The van der Waals surface area contributed by atoms with Crippen molar-refractivity contribution in [2.24, 2.45) is 11.8 Å². The van der Waals surface area contributed by atoms with Crippen LogP contribution in [-0.4, -0.2) is 41.7 Å². The van der Waals surface area contributed by atoms with Gasteiger partial charge in [0, 0.05) is 6.42 Å². The fraction of sp³-hybridized carbons (Fsp3) is 0.438. The Labute approximate surface area is 141 Å². The lowest BCUT2D eigenvalue weighted by atomic mass is 9.97. The molecule has 0 aromatic heterocycles. The largest absolute Gasteiger partial charge is 0.392 e. The minimum Gasteiger partial charge on any atom is -0.392 e. The number of sulfonamides is 1. The van der Waals surface area contributed by atoms with Crippen molar-refractivity contribution in [2.75, 3.05) is 6.61 Å². The molecule has 2 atom stereocenters. The molecule has 132 valence electrons. The molecule has 24 heavy (non-hydrogen) atoms. The van der Waals surface area contributed by atoms with Crippen LogP contribution in [0, 0.1) is 12.8 Å². The van der Waals surface area contributed by atoms with Crippen LogP contribution in [0.2, 0.25) is 0 Å². The average molecular weight is 354 g/mol. The van der Waals surface area contributed by atoms with Crippen LogP contribution in [0.25, 0.3) is 0 Å². The van der Waals surface area contributed by atoms with Gasteiger partial charge in [-0.2, -0.15) is 12.8 Å². The number of benzene rings is 1. The molecule has 0 heterocycles. The fourth-order valence-electron chi connectivity index (χ4n) is 2.85. The summed E-state index contributed by atoms with van der Waals surface area (Å²) in [6.07, 6.45) is 1.63. The number of carbonyl (C=O) groups is 1. The lowest BCUT2D eigenvalue weighted by Gasteiger charge is -2.20. The number of carbonyl (C=O) groups excluding carboxylic acids is 1. The molecule has 0 spiro atoms. The van der Waals surface area contributed by atoms with Crippen molar-refractivity contribution in [3.63, 3.8) is 0 Å². The van der Waals surface area contributed by atoms with Crippen LogP contribution in [0.1, 0.15) is 24.8 Å². The molecule has 0 saturated heterocycles. The first-order valence-electron chi connectivity index (χ1n) is 7.65. The molecule has 1 aromatic rings. The van der Waals surface area contributed by atoms with Gasteiger partial charge >= 0.3 is 0 Å². The zero-order valence-corrected chi connectivity index (χ0v) is 14.2. The highest BCUT2D eigenvalue weighted by molar-refractivity contribution is 7.89. The normalized spacial score (nSPS) is 22.8. The minimum atomic E-state index is -4.11. The number of hydrogen-bond acceptors (Lipinski definition) is 6. The molecular formula is C16H22N2O5S. The Hall–Kier alpha value is -1.74. The van der Waals surface area contributed by atoms with Gasteiger partial charge in [-0.1, -0.05) is 23.8 Å². The Balaban J connectivity index is 2.14. The first-order chi connectivity index (χ1) is 11.3. The third-order valence-corrected chi connectivity index (χ3v) is 5.81. The number of nitrogens with two attached hydrogens (primary N) is 1. The number of hydrazine groups is 1. The summed E-state index contributed by atoms with van der Waals surface area (Å²) in [5.41, 5.74) is 1.45. The van der Waals surface area contributed by atoms with E-state index in [2.05, 4.69) is 0 Å².